The predicted molar refractivity (Wildman–Crippen MR) is 110 cm³/mol. The molecule has 3 rings (SSSR count). The maximum absolute atomic E-state index is 12.9. The highest BCUT2D eigenvalue weighted by Gasteiger charge is 2.41. The molecular formula is C23H23F6NO3. The number of hydrogen-bond donors (Lipinski definition) is 1. The lowest BCUT2D eigenvalue weighted by Gasteiger charge is -2.25. The van der Waals surface area contributed by atoms with Gasteiger partial charge in [0, 0.05) is 11.6 Å². The van der Waals surface area contributed by atoms with E-state index in [0.29, 0.717) is 19.3 Å². The van der Waals surface area contributed by atoms with Gasteiger partial charge in [0.1, 0.15) is 11.5 Å². The SMILES string of the molecule is CCC1(C(=O)Oc2cc(OCC(F)(F)F)c(N)c(-c3ccc(C(F)(F)F)cc3)c2)CCCC1. The third-order valence-electron chi connectivity index (χ3n) is 5.91. The van der Waals surface area contributed by atoms with Crippen molar-refractivity contribution in [3.05, 3.63) is 42.0 Å². The highest BCUT2D eigenvalue weighted by atomic mass is 19.4. The van der Waals surface area contributed by atoms with Crippen molar-refractivity contribution in [2.24, 2.45) is 5.41 Å². The first-order chi connectivity index (χ1) is 15.3. The van der Waals surface area contributed by atoms with Gasteiger partial charge in [0.25, 0.3) is 0 Å². The third kappa shape index (κ3) is 5.72. The molecule has 1 saturated carbocycles. The Bertz CT molecular complexity index is 993. The fourth-order valence-electron chi connectivity index (χ4n) is 3.99. The molecule has 180 valence electrons. The van der Waals surface area contributed by atoms with E-state index in [-0.39, 0.29) is 28.3 Å². The molecule has 2 aromatic carbocycles. The molecule has 10 heteroatoms. The zero-order valence-electron chi connectivity index (χ0n) is 17.8. The molecule has 0 spiro atoms. The van der Waals surface area contributed by atoms with E-state index in [2.05, 4.69) is 0 Å². The van der Waals surface area contributed by atoms with Gasteiger partial charge in [-0.25, -0.2) is 0 Å². The molecule has 2 aromatic rings. The summed E-state index contributed by atoms with van der Waals surface area (Å²) >= 11 is 0. The quantitative estimate of drug-likeness (QED) is 0.217. The molecule has 1 fully saturated rings. The third-order valence-corrected chi connectivity index (χ3v) is 5.91. The van der Waals surface area contributed by atoms with Gasteiger partial charge in [-0.05, 0) is 43.0 Å². The normalized spacial score (nSPS) is 16.0. The lowest BCUT2D eigenvalue weighted by atomic mass is 9.83. The van der Waals surface area contributed by atoms with Crippen molar-refractivity contribution < 1.29 is 40.6 Å². The van der Waals surface area contributed by atoms with Crippen LogP contribution in [0.25, 0.3) is 11.1 Å². The van der Waals surface area contributed by atoms with Crippen molar-refractivity contribution in [1.82, 2.24) is 0 Å². The van der Waals surface area contributed by atoms with Crippen molar-refractivity contribution in [2.75, 3.05) is 12.3 Å². The topological polar surface area (TPSA) is 61.5 Å². The minimum Gasteiger partial charge on any atom is -0.482 e. The molecule has 0 bridgehead atoms. The fourth-order valence-corrected chi connectivity index (χ4v) is 3.99. The highest BCUT2D eigenvalue weighted by molar-refractivity contribution is 5.85. The van der Waals surface area contributed by atoms with Gasteiger partial charge in [0.15, 0.2) is 6.61 Å². The number of carbonyl (C=O) groups excluding carboxylic acids is 1. The van der Waals surface area contributed by atoms with Gasteiger partial charge in [-0.3, -0.25) is 4.79 Å². The number of hydrogen-bond acceptors (Lipinski definition) is 4. The van der Waals surface area contributed by atoms with Crippen LogP contribution in [-0.2, 0) is 11.0 Å². The van der Waals surface area contributed by atoms with E-state index in [1.54, 1.807) is 0 Å². The monoisotopic (exact) mass is 475 g/mol. The van der Waals surface area contributed by atoms with E-state index >= 15 is 0 Å². The summed E-state index contributed by atoms with van der Waals surface area (Å²) in [7, 11) is 0. The molecule has 2 N–H and O–H groups in total. The Morgan fingerprint density at radius 2 is 1.64 bits per heavy atom. The number of carbonyl (C=O) groups is 1. The molecule has 0 radical (unpaired) electrons. The summed E-state index contributed by atoms with van der Waals surface area (Å²) < 4.78 is 87.1. The van der Waals surface area contributed by atoms with Gasteiger partial charge in [-0.15, -0.1) is 0 Å². The van der Waals surface area contributed by atoms with E-state index in [0.717, 1.165) is 43.2 Å². The standard InChI is InChI=1S/C23H23F6NO3/c1-2-21(9-3-4-10-21)20(31)33-16-11-17(14-5-7-15(8-6-14)23(27,28)29)19(30)18(12-16)32-13-22(24,25)26/h5-8,11-12H,2-4,9-10,13,30H2,1H3. The number of alkyl halides is 6. The zero-order valence-corrected chi connectivity index (χ0v) is 17.8. The molecule has 0 saturated heterocycles. The average molecular weight is 475 g/mol. The Labute approximate surface area is 186 Å². The van der Waals surface area contributed by atoms with E-state index in [1.807, 2.05) is 6.92 Å². The van der Waals surface area contributed by atoms with Crippen LogP contribution in [0.2, 0.25) is 0 Å². The van der Waals surface area contributed by atoms with Crippen LogP contribution in [-0.4, -0.2) is 18.8 Å². The Morgan fingerprint density at radius 1 is 1.03 bits per heavy atom. The number of halogens is 6. The Hall–Kier alpha value is -2.91. The number of rotatable bonds is 6. The lowest BCUT2D eigenvalue weighted by molar-refractivity contribution is -0.153. The molecule has 0 amide bonds. The summed E-state index contributed by atoms with van der Waals surface area (Å²) in [6.07, 6.45) is -5.66. The molecule has 0 atom stereocenters. The number of anilines is 1. The average Bonchev–Trinajstić information content (AvgIpc) is 3.23. The molecule has 33 heavy (non-hydrogen) atoms. The second kappa shape index (κ2) is 9.15. The van der Waals surface area contributed by atoms with E-state index in [4.69, 9.17) is 15.2 Å². The van der Waals surface area contributed by atoms with Gasteiger partial charge in [-0.1, -0.05) is 31.9 Å². The smallest absolute Gasteiger partial charge is 0.422 e. The van der Waals surface area contributed by atoms with Crippen molar-refractivity contribution in [2.45, 2.75) is 51.4 Å². The Morgan fingerprint density at radius 3 is 2.15 bits per heavy atom. The molecule has 0 aromatic heterocycles. The van der Waals surface area contributed by atoms with E-state index in [1.165, 1.54) is 6.07 Å². The predicted octanol–water partition coefficient (Wildman–Crippen LogP) is 6.77. The molecule has 0 unspecified atom stereocenters. The Kier molecular flexibility index (Phi) is 6.85. The minimum absolute atomic E-state index is 0.0863. The van der Waals surface area contributed by atoms with E-state index in [9.17, 15) is 31.1 Å². The summed E-state index contributed by atoms with van der Waals surface area (Å²) in [5, 5.41) is 0. The number of nitrogens with two attached hydrogens (primary N) is 1. The number of benzene rings is 2. The van der Waals surface area contributed by atoms with Crippen LogP contribution in [0.15, 0.2) is 36.4 Å². The molecule has 0 heterocycles. The van der Waals surface area contributed by atoms with Crippen LogP contribution in [0.5, 0.6) is 11.5 Å². The fraction of sp³-hybridized carbons (Fsp3) is 0.435. The summed E-state index contributed by atoms with van der Waals surface area (Å²) in [6.45, 7) is 0.223. The molecule has 4 nitrogen and oxygen atoms in total. The molecule has 0 aliphatic heterocycles. The molecule has 1 aliphatic carbocycles. The van der Waals surface area contributed by atoms with Gasteiger partial charge in [0.05, 0.1) is 16.7 Å². The number of esters is 1. The van der Waals surface area contributed by atoms with Crippen LogP contribution in [0.4, 0.5) is 32.0 Å². The van der Waals surface area contributed by atoms with Crippen molar-refractivity contribution in [1.29, 1.82) is 0 Å². The number of nitrogen functional groups attached to an aromatic ring is 1. The maximum Gasteiger partial charge on any atom is 0.422 e. The van der Waals surface area contributed by atoms with Gasteiger partial charge < -0.3 is 15.2 Å². The summed E-state index contributed by atoms with van der Waals surface area (Å²) in [6, 6.07) is 6.33. The first-order valence-corrected chi connectivity index (χ1v) is 10.4. The zero-order chi connectivity index (χ0) is 24.4. The first kappa shape index (κ1) is 24.7. The largest absolute Gasteiger partial charge is 0.482 e. The van der Waals surface area contributed by atoms with Crippen LogP contribution in [0, 0.1) is 5.41 Å². The maximum atomic E-state index is 12.9. The highest BCUT2D eigenvalue weighted by Crippen LogP contribution is 2.44. The van der Waals surface area contributed by atoms with Crippen molar-refractivity contribution in [3.63, 3.8) is 0 Å². The van der Waals surface area contributed by atoms with Crippen molar-refractivity contribution in [3.8, 4) is 22.6 Å². The second-order valence-corrected chi connectivity index (χ2v) is 8.09. The van der Waals surface area contributed by atoms with Crippen LogP contribution < -0.4 is 15.2 Å². The minimum atomic E-state index is -4.65. The van der Waals surface area contributed by atoms with Crippen molar-refractivity contribution >= 4 is 11.7 Å². The second-order valence-electron chi connectivity index (χ2n) is 8.09. The van der Waals surface area contributed by atoms with Gasteiger partial charge in [-0.2, -0.15) is 26.3 Å². The van der Waals surface area contributed by atoms with Crippen LogP contribution >= 0.6 is 0 Å². The van der Waals surface area contributed by atoms with Crippen LogP contribution in [0.3, 0.4) is 0 Å². The summed E-state index contributed by atoms with van der Waals surface area (Å²) in [5.41, 5.74) is 4.48. The number of ether oxygens (including phenoxy) is 2. The molecular weight excluding hydrogens is 452 g/mol. The van der Waals surface area contributed by atoms with Gasteiger partial charge >= 0.3 is 18.3 Å². The summed E-state index contributed by atoms with van der Waals surface area (Å²) in [5.74, 6) is -0.988. The van der Waals surface area contributed by atoms with E-state index < -0.39 is 35.9 Å². The molecule has 1 aliphatic rings. The Balaban J connectivity index is 2.00. The summed E-state index contributed by atoms with van der Waals surface area (Å²) in [4.78, 5) is 12.9. The van der Waals surface area contributed by atoms with Gasteiger partial charge in [0.2, 0.25) is 0 Å². The first-order valence-electron chi connectivity index (χ1n) is 10.4. The lowest BCUT2D eigenvalue weighted by Crippen LogP contribution is -2.31. The van der Waals surface area contributed by atoms with Crippen LogP contribution in [0.1, 0.15) is 44.6 Å².